The quantitative estimate of drug-likeness (QED) is 0.438. The van der Waals surface area contributed by atoms with Crippen molar-refractivity contribution in [3.8, 4) is 0 Å². The minimum atomic E-state index is 0.00608. The van der Waals surface area contributed by atoms with E-state index in [9.17, 15) is 4.79 Å². The molecule has 0 saturated carbocycles. The van der Waals surface area contributed by atoms with Crippen molar-refractivity contribution in [2.24, 2.45) is 4.99 Å². The minimum absolute atomic E-state index is 0.00608. The molecule has 2 heterocycles. The lowest BCUT2D eigenvalue weighted by molar-refractivity contribution is -0.127. The van der Waals surface area contributed by atoms with E-state index in [0.717, 1.165) is 57.1 Å². The Morgan fingerprint density at radius 3 is 2.73 bits per heavy atom. The maximum atomic E-state index is 11.8. The van der Waals surface area contributed by atoms with Gasteiger partial charge < -0.3 is 20.4 Å². The number of hydrogen-bond donors (Lipinski definition) is 2. The van der Waals surface area contributed by atoms with Gasteiger partial charge in [-0.15, -0.1) is 0 Å². The van der Waals surface area contributed by atoms with E-state index < -0.39 is 0 Å². The summed E-state index contributed by atoms with van der Waals surface area (Å²) in [4.78, 5) is 24.6. The van der Waals surface area contributed by atoms with Gasteiger partial charge in [0.1, 0.15) is 12.4 Å². The number of unbranched alkanes of at least 4 members (excludes halogenated alkanes) is 1. The van der Waals surface area contributed by atoms with Crippen LogP contribution in [0, 0.1) is 0 Å². The monoisotopic (exact) mass is 360 g/mol. The fourth-order valence-corrected chi connectivity index (χ4v) is 2.81. The lowest BCUT2D eigenvalue weighted by Gasteiger charge is -2.33. The van der Waals surface area contributed by atoms with Gasteiger partial charge in [-0.1, -0.05) is 19.4 Å². The topological polar surface area (TPSA) is 72.9 Å². The Kier molecular flexibility index (Phi) is 8.18. The van der Waals surface area contributed by atoms with Crippen molar-refractivity contribution in [2.45, 2.75) is 38.6 Å². The van der Waals surface area contributed by atoms with Crippen LogP contribution in [0.1, 0.15) is 32.6 Å². The molecular formula is C19H32N6O. The number of aliphatic imine (C=N–C) groups is 1. The molecule has 7 heteroatoms. The summed E-state index contributed by atoms with van der Waals surface area (Å²) in [5.41, 5.74) is 0. The molecule has 7 nitrogen and oxygen atoms in total. The summed E-state index contributed by atoms with van der Waals surface area (Å²) in [5, 5.41) is 6.85. The summed E-state index contributed by atoms with van der Waals surface area (Å²) in [6.45, 7) is 5.13. The van der Waals surface area contributed by atoms with Gasteiger partial charge in [-0.3, -0.25) is 4.79 Å². The van der Waals surface area contributed by atoms with Crippen LogP contribution in [0.2, 0.25) is 0 Å². The second kappa shape index (κ2) is 10.6. The molecule has 1 saturated heterocycles. The molecule has 1 fully saturated rings. The lowest BCUT2D eigenvalue weighted by Crippen LogP contribution is -2.49. The number of carbonyl (C=O) groups excluding carboxylic acids is 1. The molecule has 0 spiro atoms. The van der Waals surface area contributed by atoms with E-state index in [0.29, 0.717) is 6.04 Å². The van der Waals surface area contributed by atoms with E-state index in [4.69, 9.17) is 0 Å². The number of carbonyl (C=O) groups is 1. The van der Waals surface area contributed by atoms with Crippen molar-refractivity contribution in [1.29, 1.82) is 0 Å². The van der Waals surface area contributed by atoms with Gasteiger partial charge in [-0.05, 0) is 31.4 Å². The van der Waals surface area contributed by atoms with Crippen LogP contribution < -0.4 is 15.5 Å². The summed E-state index contributed by atoms with van der Waals surface area (Å²) in [6.07, 6.45) is 6.09. The molecule has 2 rings (SSSR count). The van der Waals surface area contributed by atoms with E-state index >= 15 is 0 Å². The number of nitrogens with zero attached hydrogens (tertiary/aromatic N) is 4. The molecule has 1 aliphatic heterocycles. The Morgan fingerprint density at radius 2 is 2.12 bits per heavy atom. The highest BCUT2D eigenvalue weighted by Gasteiger charge is 2.21. The number of pyridine rings is 1. The number of amides is 1. The van der Waals surface area contributed by atoms with Crippen molar-refractivity contribution in [2.75, 3.05) is 45.2 Å². The van der Waals surface area contributed by atoms with Crippen LogP contribution in [0.5, 0.6) is 0 Å². The average Bonchev–Trinajstić information content (AvgIpc) is 2.67. The number of nitrogens with one attached hydrogen (secondary N) is 2. The molecule has 2 N–H and O–H groups in total. The van der Waals surface area contributed by atoms with Crippen molar-refractivity contribution in [1.82, 2.24) is 20.5 Å². The van der Waals surface area contributed by atoms with Gasteiger partial charge in [0.15, 0.2) is 5.96 Å². The van der Waals surface area contributed by atoms with Crippen LogP contribution in [0.15, 0.2) is 29.4 Å². The molecule has 1 amide bonds. The Bertz CT molecular complexity index is 567. The van der Waals surface area contributed by atoms with Crippen molar-refractivity contribution in [3.05, 3.63) is 24.4 Å². The predicted octanol–water partition coefficient (Wildman–Crippen LogP) is 1.47. The molecule has 0 atom stereocenters. The van der Waals surface area contributed by atoms with Crippen LogP contribution in [0.25, 0.3) is 0 Å². The van der Waals surface area contributed by atoms with E-state index in [-0.39, 0.29) is 12.5 Å². The molecule has 0 radical (unpaired) electrons. The third kappa shape index (κ3) is 6.54. The molecular weight excluding hydrogens is 328 g/mol. The molecule has 144 valence electrons. The smallest absolute Gasteiger partial charge is 0.243 e. The van der Waals surface area contributed by atoms with Crippen LogP contribution in [0.3, 0.4) is 0 Å². The largest absolute Gasteiger partial charge is 0.356 e. The number of hydrogen-bond acceptors (Lipinski definition) is 4. The number of anilines is 1. The highest BCUT2D eigenvalue weighted by Crippen LogP contribution is 2.17. The van der Waals surface area contributed by atoms with Gasteiger partial charge in [0, 0.05) is 46.0 Å². The number of guanidine groups is 1. The number of aromatic nitrogens is 1. The number of rotatable bonds is 7. The first kappa shape index (κ1) is 20.0. The standard InChI is InChI=1S/C19H32N6O/c1-4-5-11-21-19(22-15-18(26)24(2)3)23-16-9-13-25(14-10-16)17-8-6-7-12-20-17/h6-8,12,16H,4-5,9-11,13-15H2,1-3H3,(H2,21,22,23). The summed E-state index contributed by atoms with van der Waals surface area (Å²) in [6, 6.07) is 6.38. The minimum Gasteiger partial charge on any atom is -0.356 e. The molecule has 1 aromatic rings. The normalized spacial score (nSPS) is 15.7. The Hall–Kier alpha value is -2.31. The Balaban J connectivity index is 1.87. The highest BCUT2D eigenvalue weighted by atomic mass is 16.2. The highest BCUT2D eigenvalue weighted by molar-refractivity contribution is 5.84. The predicted molar refractivity (Wildman–Crippen MR) is 107 cm³/mol. The lowest BCUT2D eigenvalue weighted by atomic mass is 10.1. The van der Waals surface area contributed by atoms with Crippen molar-refractivity contribution < 1.29 is 4.79 Å². The average molecular weight is 361 g/mol. The maximum absolute atomic E-state index is 11.8. The van der Waals surface area contributed by atoms with Crippen molar-refractivity contribution >= 4 is 17.7 Å². The van der Waals surface area contributed by atoms with Crippen LogP contribution in [-0.2, 0) is 4.79 Å². The molecule has 0 aliphatic carbocycles. The first-order chi connectivity index (χ1) is 12.6. The van der Waals surface area contributed by atoms with Gasteiger partial charge in [-0.25, -0.2) is 9.98 Å². The van der Waals surface area contributed by atoms with Crippen molar-refractivity contribution in [3.63, 3.8) is 0 Å². The molecule has 26 heavy (non-hydrogen) atoms. The molecule has 0 unspecified atom stereocenters. The first-order valence-electron chi connectivity index (χ1n) is 9.51. The van der Waals surface area contributed by atoms with Gasteiger partial charge in [0.05, 0.1) is 0 Å². The number of piperidine rings is 1. The summed E-state index contributed by atoms with van der Waals surface area (Å²) < 4.78 is 0. The van der Waals surface area contributed by atoms with Crippen LogP contribution in [-0.4, -0.2) is 68.1 Å². The third-order valence-corrected chi connectivity index (χ3v) is 4.50. The van der Waals surface area contributed by atoms with Gasteiger partial charge in [-0.2, -0.15) is 0 Å². The third-order valence-electron chi connectivity index (χ3n) is 4.50. The van der Waals surface area contributed by atoms with E-state index in [1.54, 1.807) is 19.0 Å². The van der Waals surface area contributed by atoms with E-state index in [1.807, 2.05) is 18.3 Å². The second-order valence-electron chi connectivity index (χ2n) is 6.83. The van der Waals surface area contributed by atoms with Crippen LogP contribution in [0.4, 0.5) is 5.82 Å². The molecule has 1 aromatic heterocycles. The summed E-state index contributed by atoms with van der Waals surface area (Å²) in [5.74, 6) is 1.79. The molecule has 0 aromatic carbocycles. The fourth-order valence-electron chi connectivity index (χ4n) is 2.81. The fraction of sp³-hybridized carbons (Fsp3) is 0.632. The van der Waals surface area contributed by atoms with Crippen LogP contribution >= 0.6 is 0 Å². The van der Waals surface area contributed by atoms with Gasteiger partial charge in [0.25, 0.3) is 0 Å². The SMILES string of the molecule is CCCCNC(=NCC(=O)N(C)C)NC1CCN(c2ccccn2)CC1. The summed E-state index contributed by atoms with van der Waals surface area (Å²) in [7, 11) is 3.51. The molecule has 1 aliphatic rings. The zero-order chi connectivity index (χ0) is 18.8. The van der Waals surface area contributed by atoms with Gasteiger partial charge in [0.2, 0.25) is 5.91 Å². The second-order valence-corrected chi connectivity index (χ2v) is 6.83. The first-order valence-corrected chi connectivity index (χ1v) is 9.51. The van der Waals surface area contributed by atoms with E-state index in [2.05, 4.69) is 38.5 Å². The van der Waals surface area contributed by atoms with E-state index in [1.165, 1.54) is 0 Å². The summed E-state index contributed by atoms with van der Waals surface area (Å²) >= 11 is 0. The zero-order valence-electron chi connectivity index (χ0n) is 16.2. The number of likely N-dealkylation sites (N-methyl/N-ethyl adjacent to an activating group) is 1. The van der Waals surface area contributed by atoms with Gasteiger partial charge >= 0.3 is 0 Å². The zero-order valence-corrected chi connectivity index (χ0v) is 16.2. The Labute approximate surface area is 156 Å². The Morgan fingerprint density at radius 1 is 1.35 bits per heavy atom. The molecule has 0 bridgehead atoms. The maximum Gasteiger partial charge on any atom is 0.243 e.